The Hall–Kier alpha value is -0.0500. The molecular weight excluding hydrogens is 162 g/mol. The second-order valence-corrected chi connectivity index (χ2v) is 2.64. The molecule has 2 nitrogen and oxygen atoms in total. The third-order valence-electron chi connectivity index (χ3n) is 1.58. The van der Waals surface area contributed by atoms with Gasteiger partial charge in [-0.3, -0.25) is 0 Å². The fourth-order valence-electron chi connectivity index (χ4n) is 0.886. The number of aliphatic hydroxyl groups excluding tert-OH is 1. The van der Waals surface area contributed by atoms with Gasteiger partial charge in [-0.1, -0.05) is 24.6 Å². The Morgan fingerprint density at radius 3 is 2.82 bits per heavy atom. The van der Waals surface area contributed by atoms with Gasteiger partial charge in [0.05, 0.1) is 0 Å². The summed E-state index contributed by atoms with van der Waals surface area (Å²) in [6.07, 6.45) is 3.70. The summed E-state index contributed by atoms with van der Waals surface area (Å²) < 4.78 is 0. The van der Waals surface area contributed by atoms with E-state index in [4.69, 9.17) is 16.7 Å². The van der Waals surface area contributed by atoms with Crippen LogP contribution in [0.25, 0.3) is 0 Å². The van der Waals surface area contributed by atoms with Crippen LogP contribution in [-0.4, -0.2) is 24.3 Å². The largest absolute Gasteiger partial charge is 0.396 e. The molecule has 66 valence electrons. The molecule has 0 spiro atoms. The van der Waals surface area contributed by atoms with Crippen molar-refractivity contribution in [3.05, 3.63) is 11.6 Å². The van der Waals surface area contributed by atoms with Crippen LogP contribution in [-0.2, 0) is 0 Å². The van der Waals surface area contributed by atoms with Crippen molar-refractivity contribution in [2.75, 3.05) is 13.2 Å². The quantitative estimate of drug-likeness (QED) is 0.645. The molecule has 0 radical (unpaired) electrons. The monoisotopic (exact) mass is 177 g/mol. The van der Waals surface area contributed by atoms with Crippen LogP contribution in [0.1, 0.15) is 19.8 Å². The molecule has 0 saturated carbocycles. The molecule has 0 aromatic rings. The molecular formula is C8H16ClNO. The van der Waals surface area contributed by atoms with E-state index in [2.05, 4.69) is 12.2 Å². The van der Waals surface area contributed by atoms with E-state index in [1.165, 1.54) is 5.54 Å². The first kappa shape index (κ1) is 11.0. The Balaban J connectivity index is 3.35. The molecule has 0 saturated heterocycles. The number of hydrogen-bond donors (Lipinski definition) is 2. The topological polar surface area (TPSA) is 32.3 Å². The number of rotatable bonds is 6. The molecule has 0 aromatic heterocycles. The Kier molecular flexibility index (Phi) is 8.01. The molecule has 0 aliphatic carbocycles. The minimum atomic E-state index is 0.246. The molecule has 0 aliphatic rings. The average molecular weight is 178 g/mol. The first-order chi connectivity index (χ1) is 5.35. The normalized spacial score (nSPS) is 14.1. The number of aliphatic hydroxyl groups is 1. The molecule has 0 rings (SSSR count). The van der Waals surface area contributed by atoms with E-state index in [0.29, 0.717) is 6.04 Å². The van der Waals surface area contributed by atoms with Crippen molar-refractivity contribution in [2.24, 2.45) is 0 Å². The second kappa shape index (κ2) is 8.05. The van der Waals surface area contributed by atoms with E-state index in [9.17, 15) is 0 Å². The second-order valence-electron chi connectivity index (χ2n) is 2.39. The van der Waals surface area contributed by atoms with Crippen LogP contribution in [0.5, 0.6) is 0 Å². The lowest BCUT2D eigenvalue weighted by molar-refractivity contribution is 0.264. The highest BCUT2D eigenvalue weighted by Gasteiger charge is 2.01. The van der Waals surface area contributed by atoms with Crippen molar-refractivity contribution in [1.82, 2.24) is 5.32 Å². The Bertz CT molecular complexity index is 106. The van der Waals surface area contributed by atoms with Crippen LogP contribution in [0.15, 0.2) is 11.6 Å². The van der Waals surface area contributed by atoms with Crippen LogP contribution in [0.4, 0.5) is 0 Å². The molecule has 2 N–H and O–H groups in total. The zero-order valence-electron chi connectivity index (χ0n) is 6.89. The molecule has 0 amide bonds. The fourth-order valence-corrected chi connectivity index (χ4v) is 0.975. The summed E-state index contributed by atoms with van der Waals surface area (Å²) in [5, 5.41) is 11.9. The van der Waals surface area contributed by atoms with Gasteiger partial charge in [0.25, 0.3) is 0 Å². The van der Waals surface area contributed by atoms with Gasteiger partial charge in [0.1, 0.15) is 0 Å². The Morgan fingerprint density at radius 2 is 2.36 bits per heavy atom. The Morgan fingerprint density at radius 1 is 1.64 bits per heavy atom. The lowest BCUT2D eigenvalue weighted by atomic mass is 10.1. The van der Waals surface area contributed by atoms with Crippen LogP contribution in [0.3, 0.4) is 0 Å². The molecule has 11 heavy (non-hydrogen) atoms. The highest BCUT2D eigenvalue weighted by Crippen LogP contribution is 1.95. The van der Waals surface area contributed by atoms with Crippen molar-refractivity contribution >= 4 is 11.6 Å². The van der Waals surface area contributed by atoms with Gasteiger partial charge in [0.2, 0.25) is 0 Å². The first-order valence-corrected chi connectivity index (χ1v) is 4.38. The van der Waals surface area contributed by atoms with Crippen LogP contribution < -0.4 is 5.32 Å². The van der Waals surface area contributed by atoms with Crippen molar-refractivity contribution in [3.63, 3.8) is 0 Å². The maximum Gasteiger partial charge on any atom is 0.0445 e. The predicted octanol–water partition coefficient (Wildman–Crippen LogP) is 1.49. The van der Waals surface area contributed by atoms with Crippen molar-refractivity contribution in [3.8, 4) is 0 Å². The fraction of sp³-hybridized carbons (Fsp3) is 0.750. The number of hydrogen-bond acceptors (Lipinski definition) is 2. The first-order valence-electron chi connectivity index (χ1n) is 3.94. The van der Waals surface area contributed by atoms with Crippen LogP contribution >= 0.6 is 11.6 Å². The summed E-state index contributed by atoms with van der Waals surface area (Å²) in [7, 11) is 0. The molecule has 1 unspecified atom stereocenters. The lowest BCUT2D eigenvalue weighted by Gasteiger charge is -2.13. The van der Waals surface area contributed by atoms with Crippen molar-refractivity contribution in [2.45, 2.75) is 25.8 Å². The van der Waals surface area contributed by atoms with E-state index >= 15 is 0 Å². The SMILES string of the molecule is CCC(CCO)NC/C=C/Cl. The summed E-state index contributed by atoms with van der Waals surface area (Å²) in [6, 6.07) is 0.410. The van der Waals surface area contributed by atoms with Gasteiger partial charge in [-0.25, -0.2) is 0 Å². The van der Waals surface area contributed by atoms with Gasteiger partial charge >= 0.3 is 0 Å². The minimum Gasteiger partial charge on any atom is -0.396 e. The Labute approximate surface area is 73.3 Å². The third-order valence-corrected chi connectivity index (χ3v) is 1.76. The zero-order valence-corrected chi connectivity index (χ0v) is 7.64. The van der Waals surface area contributed by atoms with E-state index < -0.39 is 0 Å². The highest BCUT2D eigenvalue weighted by atomic mass is 35.5. The van der Waals surface area contributed by atoms with E-state index in [1.807, 2.05) is 6.08 Å². The van der Waals surface area contributed by atoms with Gasteiger partial charge in [-0.05, 0) is 12.8 Å². The molecule has 0 heterocycles. The molecule has 3 heteroatoms. The van der Waals surface area contributed by atoms with Crippen LogP contribution in [0, 0.1) is 0 Å². The van der Waals surface area contributed by atoms with Crippen molar-refractivity contribution < 1.29 is 5.11 Å². The third kappa shape index (κ3) is 6.35. The molecule has 0 aromatic carbocycles. The van der Waals surface area contributed by atoms with E-state index in [-0.39, 0.29) is 6.61 Å². The summed E-state index contributed by atoms with van der Waals surface area (Å²) in [4.78, 5) is 0. The average Bonchev–Trinajstić information content (AvgIpc) is 2.03. The van der Waals surface area contributed by atoms with Gasteiger partial charge in [-0.2, -0.15) is 0 Å². The zero-order chi connectivity index (χ0) is 8.53. The summed E-state index contributed by atoms with van der Waals surface area (Å²) in [6.45, 7) is 3.12. The molecule has 1 atom stereocenters. The maximum absolute atomic E-state index is 8.64. The smallest absolute Gasteiger partial charge is 0.0445 e. The van der Waals surface area contributed by atoms with Crippen LogP contribution in [0.2, 0.25) is 0 Å². The number of halogens is 1. The standard InChI is InChI=1S/C8H16ClNO/c1-2-8(4-7-11)10-6-3-5-9/h3,5,8,10-11H,2,4,6-7H2,1H3/b5-3+. The summed E-state index contributed by atoms with van der Waals surface area (Å²) in [5.74, 6) is 0. The maximum atomic E-state index is 8.64. The van der Waals surface area contributed by atoms with Gasteiger partial charge in [-0.15, -0.1) is 0 Å². The molecule has 0 fully saturated rings. The predicted molar refractivity (Wildman–Crippen MR) is 48.8 cm³/mol. The number of nitrogens with one attached hydrogen (secondary N) is 1. The van der Waals surface area contributed by atoms with Gasteiger partial charge < -0.3 is 10.4 Å². The summed E-state index contributed by atoms with van der Waals surface area (Å²) in [5.41, 5.74) is 1.50. The highest BCUT2D eigenvalue weighted by molar-refractivity contribution is 6.25. The minimum absolute atomic E-state index is 0.246. The van der Waals surface area contributed by atoms with Crippen molar-refractivity contribution in [1.29, 1.82) is 0 Å². The molecule has 0 bridgehead atoms. The lowest BCUT2D eigenvalue weighted by Crippen LogP contribution is -2.29. The van der Waals surface area contributed by atoms with Gasteiger partial charge in [0.15, 0.2) is 0 Å². The van der Waals surface area contributed by atoms with Gasteiger partial charge in [0, 0.05) is 24.7 Å². The summed E-state index contributed by atoms with van der Waals surface area (Å²) >= 11 is 5.34. The molecule has 0 aliphatic heterocycles. The van der Waals surface area contributed by atoms with E-state index in [1.54, 1.807) is 0 Å². The van der Waals surface area contributed by atoms with E-state index in [0.717, 1.165) is 19.4 Å².